The SMILES string of the molecule is C#CCCc1cc(=O)oc2c1C(=O)NC(=O)C2. The van der Waals surface area contributed by atoms with Crippen molar-refractivity contribution in [2.45, 2.75) is 19.3 Å². The second-order valence-electron chi connectivity index (χ2n) is 3.65. The largest absolute Gasteiger partial charge is 0.426 e. The normalized spacial score (nSPS) is 13.8. The molecule has 0 bridgehead atoms. The predicted octanol–water partition coefficient (Wildman–Crippen LogP) is 0.0181. The minimum atomic E-state index is -0.571. The lowest BCUT2D eigenvalue weighted by atomic mass is 9.98. The molecule has 2 amide bonds. The number of fused-ring (bicyclic) bond motifs is 1. The Hall–Kier alpha value is -2.35. The van der Waals surface area contributed by atoms with Gasteiger partial charge < -0.3 is 4.42 Å². The van der Waals surface area contributed by atoms with Crippen molar-refractivity contribution in [3.63, 3.8) is 0 Å². The molecule has 0 aromatic carbocycles. The molecule has 1 aliphatic rings. The minimum Gasteiger partial charge on any atom is -0.426 e. The molecule has 5 heteroatoms. The first-order chi connectivity index (χ1) is 8.11. The van der Waals surface area contributed by atoms with Crippen LogP contribution in [0.4, 0.5) is 0 Å². The number of nitrogens with one attached hydrogen (secondary N) is 1. The van der Waals surface area contributed by atoms with Crippen LogP contribution in [0.1, 0.15) is 28.1 Å². The van der Waals surface area contributed by atoms with Crippen LogP contribution < -0.4 is 10.9 Å². The maximum atomic E-state index is 11.6. The number of imide groups is 1. The number of aryl methyl sites for hydroxylation is 1. The van der Waals surface area contributed by atoms with E-state index in [4.69, 9.17) is 10.8 Å². The Labute approximate surface area is 96.8 Å². The molecule has 1 aromatic heterocycles. The molecule has 5 nitrogen and oxygen atoms in total. The van der Waals surface area contributed by atoms with E-state index in [-0.39, 0.29) is 17.7 Å². The van der Waals surface area contributed by atoms with Gasteiger partial charge in [-0.05, 0) is 12.0 Å². The Bertz CT molecular complexity index is 592. The number of hydrogen-bond acceptors (Lipinski definition) is 4. The average molecular weight is 231 g/mol. The monoisotopic (exact) mass is 231 g/mol. The fraction of sp³-hybridized carbons (Fsp3) is 0.250. The highest BCUT2D eigenvalue weighted by atomic mass is 16.4. The molecule has 17 heavy (non-hydrogen) atoms. The fourth-order valence-electron chi connectivity index (χ4n) is 1.78. The molecule has 0 radical (unpaired) electrons. The Kier molecular flexibility index (Phi) is 2.79. The summed E-state index contributed by atoms with van der Waals surface area (Å²) in [6.07, 6.45) is 5.87. The molecule has 0 unspecified atom stereocenters. The van der Waals surface area contributed by atoms with Crippen molar-refractivity contribution in [3.8, 4) is 12.3 Å². The van der Waals surface area contributed by atoms with Crippen LogP contribution in [0, 0.1) is 12.3 Å². The zero-order chi connectivity index (χ0) is 12.4. The highest BCUT2D eigenvalue weighted by molar-refractivity contribution is 6.09. The lowest BCUT2D eigenvalue weighted by Crippen LogP contribution is -2.38. The van der Waals surface area contributed by atoms with Gasteiger partial charge in [-0.1, -0.05) is 0 Å². The standard InChI is InChI=1S/C12H9NO4/c1-2-3-4-7-5-10(15)17-8-6-9(14)13-12(16)11(7)8/h1,5H,3-4,6H2,(H,13,14,16). The van der Waals surface area contributed by atoms with Crippen LogP contribution in [-0.4, -0.2) is 11.8 Å². The Morgan fingerprint density at radius 2 is 2.18 bits per heavy atom. The summed E-state index contributed by atoms with van der Waals surface area (Å²) < 4.78 is 4.87. The Balaban J connectivity index is 2.54. The summed E-state index contributed by atoms with van der Waals surface area (Å²) in [5.74, 6) is 1.55. The molecular formula is C12H9NO4. The highest BCUT2D eigenvalue weighted by Gasteiger charge is 2.27. The molecule has 0 aliphatic carbocycles. The lowest BCUT2D eigenvalue weighted by molar-refractivity contribution is -0.120. The summed E-state index contributed by atoms with van der Waals surface area (Å²) in [5.41, 5.74) is 0.219. The molecule has 1 N–H and O–H groups in total. The van der Waals surface area contributed by atoms with Crippen LogP contribution in [0.5, 0.6) is 0 Å². The highest BCUT2D eigenvalue weighted by Crippen LogP contribution is 2.18. The van der Waals surface area contributed by atoms with E-state index in [1.54, 1.807) is 0 Å². The fourth-order valence-corrected chi connectivity index (χ4v) is 1.78. The summed E-state index contributed by atoms with van der Waals surface area (Å²) in [6, 6.07) is 1.24. The quantitative estimate of drug-likeness (QED) is 0.575. The minimum absolute atomic E-state index is 0.0970. The predicted molar refractivity (Wildman–Crippen MR) is 58.3 cm³/mol. The van der Waals surface area contributed by atoms with Crippen LogP contribution in [0.2, 0.25) is 0 Å². The third kappa shape index (κ3) is 2.11. The van der Waals surface area contributed by atoms with Gasteiger partial charge in [-0.3, -0.25) is 14.9 Å². The van der Waals surface area contributed by atoms with E-state index in [1.807, 2.05) is 0 Å². The van der Waals surface area contributed by atoms with Gasteiger partial charge in [-0.25, -0.2) is 4.79 Å². The van der Waals surface area contributed by atoms with E-state index in [2.05, 4.69) is 11.2 Å². The molecule has 2 heterocycles. The molecule has 2 rings (SSSR count). The first-order valence-electron chi connectivity index (χ1n) is 5.05. The molecule has 0 spiro atoms. The number of rotatable bonds is 2. The van der Waals surface area contributed by atoms with Crippen molar-refractivity contribution in [2.24, 2.45) is 0 Å². The zero-order valence-corrected chi connectivity index (χ0v) is 8.91. The molecule has 0 atom stereocenters. The smallest absolute Gasteiger partial charge is 0.336 e. The number of terminal acetylenes is 1. The van der Waals surface area contributed by atoms with Gasteiger partial charge >= 0.3 is 5.63 Å². The molecule has 0 saturated heterocycles. The average Bonchev–Trinajstić information content (AvgIpc) is 2.24. The topological polar surface area (TPSA) is 76.4 Å². The second kappa shape index (κ2) is 4.26. The molecule has 1 aromatic rings. The molecule has 86 valence electrons. The summed E-state index contributed by atoms with van der Waals surface area (Å²) in [4.78, 5) is 34.1. The van der Waals surface area contributed by atoms with Gasteiger partial charge in [-0.2, -0.15) is 0 Å². The van der Waals surface area contributed by atoms with Crippen molar-refractivity contribution in [3.05, 3.63) is 33.4 Å². The van der Waals surface area contributed by atoms with Gasteiger partial charge in [0.15, 0.2) is 0 Å². The Morgan fingerprint density at radius 3 is 2.88 bits per heavy atom. The summed E-state index contributed by atoms with van der Waals surface area (Å²) >= 11 is 0. The van der Waals surface area contributed by atoms with E-state index in [1.165, 1.54) is 6.07 Å². The van der Waals surface area contributed by atoms with Gasteiger partial charge in [0.2, 0.25) is 5.91 Å². The van der Waals surface area contributed by atoms with Gasteiger partial charge in [0, 0.05) is 12.5 Å². The van der Waals surface area contributed by atoms with Crippen LogP contribution in [0.25, 0.3) is 0 Å². The van der Waals surface area contributed by atoms with Crippen LogP contribution in [-0.2, 0) is 17.6 Å². The Morgan fingerprint density at radius 1 is 1.41 bits per heavy atom. The van der Waals surface area contributed by atoms with Gasteiger partial charge in [0.25, 0.3) is 5.91 Å². The van der Waals surface area contributed by atoms with Crippen LogP contribution in [0.3, 0.4) is 0 Å². The zero-order valence-electron chi connectivity index (χ0n) is 8.91. The summed E-state index contributed by atoms with van der Waals surface area (Å²) in [5, 5.41) is 2.18. The van der Waals surface area contributed by atoms with Crippen molar-refractivity contribution >= 4 is 11.8 Å². The summed E-state index contributed by atoms with van der Waals surface area (Å²) in [6.45, 7) is 0. The molecule has 0 fully saturated rings. The van der Waals surface area contributed by atoms with Crippen molar-refractivity contribution < 1.29 is 14.0 Å². The number of amides is 2. The van der Waals surface area contributed by atoms with E-state index < -0.39 is 17.4 Å². The van der Waals surface area contributed by atoms with E-state index in [9.17, 15) is 14.4 Å². The maximum Gasteiger partial charge on any atom is 0.336 e. The van der Waals surface area contributed by atoms with Crippen LogP contribution >= 0.6 is 0 Å². The first kappa shape index (κ1) is 11.1. The van der Waals surface area contributed by atoms with Crippen molar-refractivity contribution in [2.75, 3.05) is 0 Å². The maximum absolute atomic E-state index is 11.6. The van der Waals surface area contributed by atoms with Gasteiger partial charge in [0.1, 0.15) is 5.76 Å². The third-order valence-corrected chi connectivity index (χ3v) is 2.46. The number of hydrogen-bond donors (Lipinski definition) is 1. The second-order valence-corrected chi connectivity index (χ2v) is 3.65. The number of carbonyl (C=O) groups excluding carboxylic acids is 2. The van der Waals surface area contributed by atoms with Gasteiger partial charge in [-0.15, -0.1) is 12.3 Å². The van der Waals surface area contributed by atoms with Crippen molar-refractivity contribution in [1.29, 1.82) is 0 Å². The lowest BCUT2D eigenvalue weighted by Gasteiger charge is -2.16. The molecular weight excluding hydrogens is 222 g/mol. The van der Waals surface area contributed by atoms with E-state index in [0.717, 1.165) is 0 Å². The molecule has 1 aliphatic heterocycles. The molecule has 0 saturated carbocycles. The third-order valence-electron chi connectivity index (χ3n) is 2.46. The van der Waals surface area contributed by atoms with Gasteiger partial charge in [0.05, 0.1) is 12.0 Å². The van der Waals surface area contributed by atoms with E-state index >= 15 is 0 Å². The summed E-state index contributed by atoms with van der Waals surface area (Å²) in [7, 11) is 0. The van der Waals surface area contributed by atoms with E-state index in [0.29, 0.717) is 18.4 Å². The number of carbonyl (C=O) groups is 2. The first-order valence-corrected chi connectivity index (χ1v) is 5.05. The van der Waals surface area contributed by atoms with Crippen LogP contribution in [0.15, 0.2) is 15.3 Å². The van der Waals surface area contributed by atoms with Crippen molar-refractivity contribution in [1.82, 2.24) is 5.32 Å².